The van der Waals surface area contributed by atoms with Crippen LogP contribution < -0.4 is 4.90 Å². The Balaban J connectivity index is 1.01. The zero-order valence-electron chi connectivity index (χ0n) is 47.2. The van der Waals surface area contributed by atoms with Crippen LogP contribution in [0.3, 0.4) is 0 Å². The van der Waals surface area contributed by atoms with Crippen molar-refractivity contribution in [2.45, 2.75) is 112 Å². The van der Waals surface area contributed by atoms with Crippen molar-refractivity contribution in [3.05, 3.63) is 252 Å². The lowest BCUT2D eigenvalue weighted by Crippen LogP contribution is -2.09. The largest absolute Gasteiger partial charge is 0.311 e. The highest BCUT2D eigenvalue weighted by Gasteiger charge is 2.20. The number of hydrogen-bond acceptors (Lipinski definition) is 1. The fourth-order valence-electron chi connectivity index (χ4n) is 11.8. The van der Waals surface area contributed by atoms with Crippen LogP contribution in [-0.2, 0) is 19.3 Å². The number of benzene rings is 10. The minimum Gasteiger partial charge on any atom is -0.311 e. The number of aromatic nitrogens is 1. The number of rotatable bonds is 21. The SMILES string of the molecule is CCCCCCc1cc(-c2ccc3c4cc(-c5ccccc5)ccc4n(-c4ccc(-c5ccc(C)cc5)cc4)c3c2)c(CCCCCC)cc1-c1ccc(N(c2ccc(C)cc2)c2ccc(-c3ccc(CCC)cc3)cc2)cc1. The van der Waals surface area contributed by atoms with Gasteiger partial charge in [0.25, 0.3) is 0 Å². The van der Waals surface area contributed by atoms with E-state index in [2.05, 4.69) is 269 Å². The molecular weight excluding hydrogens is 953 g/mol. The lowest BCUT2D eigenvalue weighted by atomic mass is 9.86. The summed E-state index contributed by atoms with van der Waals surface area (Å²) in [6.07, 6.45) is 14.1. The van der Waals surface area contributed by atoms with Crippen LogP contribution in [-0.4, -0.2) is 4.57 Å². The van der Waals surface area contributed by atoms with Gasteiger partial charge in [-0.3, -0.25) is 0 Å². The molecule has 11 aromatic rings. The Morgan fingerprint density at radius 1 is 0.316 bits per heavy atom. The van der Waals surface area contributed by atoms with Gasteiger partial charge in [0.15, 0.2) is 0 Å². The molecule has 79 heavy (non-hydrogen) atoms. The van der Waals surface area contributed by atoms with E-state index < -0.39 is 0 Å². The number of anilines is 3. The van der Waals surface area contributed by atoms with Crippen molar-refractivity contribution in [2.24, 2.45) is 0 Å². The van der Waals surface area contributed by atoms with E-state index in [9.17, 15) is 0 Å². The van der Waals surface area contributed by atoms with Crippen molar-refractivity contribution < 1.29 is 0 Å². The quantitative estimate of drug-likeness (QED) is 0.0651. The van der Waals surface area contributed by atoms with E-state index >= 15 is 0 Å². The van der Waals surface area contributed by atoms with Crippen molar-refractivity contribution in [1.82, 2.24) is 4.57 Å². The van der Waals surface area contributed by atoms with Gasteiger partial charge in [-0.15, -0.1) is 0 Å². The standard InChI is InChI=1S/C77H76N2/c1-6-9-11-14-21-65-53-74(67-39-49-72-75-51-64(58-19-16-13-17-20-58)40-50-76(75)79(77(72)54-67)71-45-35-61(36-46-71)59-29-23-55(4)24-30-59)66(22-15-12-10-7-2)52-73(65)63-37-47-70(48-38-63)78(68-41-25-56(5)26-42-68)69-43-33-62(34-44-69)60-31-27-57(18-8-3)28-32-60/h13,16-17,19-20,23-54H,6-12,14-15,18,21-22H2,1-5H3. The Morgan fingerprint density at radius 2 is 0.772 bits per heavy atom. The Kier molecular flexibility index (Phi) is 16.5. The average Bonchev–Trinajstić information content (AvgIpc) is 4.10. The summed E-state index contributed by atoms with van der Waals surface area (Å²) in [6.45, 7) is 11.2. The lowest BCUT2D eigenvalue weighted by Gasteiger charge is -2.26. The van der Waals surface area contributed by atoms with Gasteiger partial charge >= 0.3 is 0 Å². The summed E-state index contributed by atoms with van der Waals surface area (Å²) < 4.78 is 2.50. The molecule has 0 unspecified atom stereocenters. The molecule has 1 heterocycles. The lowest BCUT2D eigenvalue weighted by molar-refractivity contribution is 0.664. The van der Waals surface area contributed by atoms with E-state index in [1.807, 2.05) is 0 Å². The van der Waals surface area contributed by atoms with Gasteiger partial charge in [0, 0.05) is 33.5 Å². The third-order valence-electron chi connectivity index (χ3n) is 16.3. The Bertz CT molecular complexity index is 3770. The molecule has 1 aromatic heterocycles. The summed E-state index contributed by atoms with van der Waals surface area (Å²) >= 11 is 0. The molecule has 0 bridgehead atoms. The van der Waals surface area contributed by atoms with Crippen LogP contribution in [0.2, 0.25) is 0 Å². The Morgan fingerprint density at radius 3 is 1.33 bits per heavy atom. The molecule has 10 aromatic carbocycles. The summed E-state index contributed by atoms with van der Waals surface area (Å²) in [5.41, 5.74) is 26.6. The molecule has 0 amide bonds. The molecule has 0 saturated heterocycles. The van der Waals surface area contributed by atoms with Crippen molar-refractivity contribution in [3.8, 4) is 61.3 Å². The molecule has 394 valence electrons. The Hall–Kier alpha value is -8.20. The molecule has 0 aliphatic rings. The highest BCUT2D eigenvalue weighted by Crippen LogP contribution is 2.42. The van der Waals surface area contributed by atoms with Crippen LogP contribution in [0.5, 0.6) is 0 Å². The maximum absolute atomic E-state index is 2.60. The second-order valence-corrected chi connectivity index (χ2v) is 22.1. The highest BCUT2D eigenvalue weighted by molar-refractivity contribution is 6.11. The second kappa shape index (κ2) is 24.6. The van der Waals surface area contributed by atoms with E-state index in [1.54, 1.807) is 0 Å². The molecule has 2 heteroatoms. The number of nitrogens with zero attached hydrogens (tertiary/aromatic N) is 2. The van der Waals surface area contributed by atoms with Gasteiger partial charge < -0.3 is 9.47 Å². The summed E-state index contributed by atoms with van der Waals surface area (Å²) in [5, 5.41) is 2.54. The summed E-state index contributed by atoms with van der Waals surface area (Å²) in [5.74, 6) is 0. The fourth-order valence-corrected chi connectivity index (χ4v) is 11.8. The first-order chi connectivity index (χ1) is 38.8. The molecule has 2 nitrogen and oxygen atoms in total. The predicted molar refractivity (Wildman–Crippen MR) is 342 cm³/mol. The van der Waals surface area contributed by atoms with E-state index in [-0.39, 0.29) is 0 Å². The third-order valence-corrected chi connectivity index (χ3v) is 16.3. The van der Waals surface area contributed by atoms with Crippen molar-refractivity contribution in [2.75, 3.05) is 4.90 Å². The first-order valence-corrected chi connectivity index (χ1v) is 29.5. The van der Waals surface area contributed by atoms with Gasteiger partial charge in [0.05, 0.1) is 11.0 Å². The van der Waals surface area contributed by atoms with E-state index in [4.69, 9.17) is 0 Å². The molecule has 0 N–H and O–H groups in total. The van der Waals surface area contributed by atoms with Crippen LogP contribution in [0.25, 0.3) is 83.1 Å². The maximum atomic E-state index is 2.60. The average molecular weight is 1030 g/mol. The van der Waals surface area contributed by atoms with E-state index in [1.165, 1.54) is 162 Å². The van der Waals surface area contributed by atoms with Gasteiger partial charge in [-0.1, -0.05) is 235 Å². The number of unbranched alkanes of at least 4 members (excludes halogenated alkanes) is 6. The van der Waals surface area contributed by atoms with Gasteiger partial charge in [0.2, 0.25) is 0 Å². The van der Waals surface area contributed by atoms with Crippen LogP contribution >= 0.6 is 0 Å². The molecule has 0 saturated carbocycles. The van der Waals surface area contributed by atoms with Crippen LogP contribution in [0.4, 0.5) is 17.1 Å². The molecule has 0 atom stereocenters. The van der Waals surface area contributed by atoms with Crippen molar-refractivity contribution >= 4 is 38.9 Å². The highest BCUT2D eigenvalue weighted by atomic mass is 15.1. The molecule has 0 aliphatic carbocycles. The fraction of sp³-hybridized carbons (Fsp3) is 0.221. The molecular formula is C77H76N2. The summed E-state index contributed by atoms with van der Waals surface area (Å²) in [7, 11) is 0. The minimum atomic E-state index is 1.04. The number of hydrogen-bond donors (Lipinski definition) is 0. The summed E-state index contributed by atoms with van der Waals surface area (Å²) in [6, 6.07) is 85.0. The Labute approximate surface area is 471 Å². The minimum absolute atomic E-state index is 1.04. The van der Waals surface area contributed by atoms with Crippen molar-refractivity contribution in [1.29, 1.82) is 0 Å². The van der Waals surface area contributed by atoms with E-state index in [0.29, 0.717) is 0 Å². The molecule has 11 rings (SSSR count). The van der Waals surface area contributed by atoms with Gasteiger partial charge in [0.1, 0.15) is 0 Å². The molecule has 0 aliphatic heterocycles. The number of aryl methyl sites for hydroxylation is 5. The van der Waals surface area contributed by atoms with Crippen LogP contribution in [0.1, 0.15) is 106 Å². The maximum Gasteiger partial charge on any atom is 0.0547 e. The van der Waals surface area contributed by atoms with Crippen LogP contribution in [0.15, 0.2) is 224 Å². The van der Waals surface area contributed by atoms with Gasteiger partial charge in [-0.2, -0.15) is 0 Å². The second-order valence-electron chi connectivity index (χ2n) is 22.1. The normalized spacial score (nSPS) is 11.5. The summed E-state index contributed by atoms with van der Waals surface area (Å²) in [4.78, 5) is 2.40. The molecule has 0 fully saturated rings. The van der Waals surface area contributed by atoms with Crippen molar-refractivity contribution in [3.63, 3.8) is 0 Å². The van der Waals surface area contributed by atoms with Gasteiger partial charge in [-0.05, 0) is 185 Å². The smallest absolute Gasteiger partial charge is 0.0547 e. The first kappa shape index (κ1) is 52.8. The third kappa shape index (κ3) is 11.8. The predicted octanol–water partition coefficient (Wildman–Crippen LogP) is 22.4. The zero-order valence-corrected chi connectivity index (χ0v) is 47.2. The molecule has 0 radical (unpaired) electrons. The topological polar surface area (TPSA) is 8.17 Å². The number of fused-ring (bicyclic) bond motifs is 3. The molecule has 0 spiro atoms. The van der Waals surface area contributed by atoms with Crippen LogP contribution in [0, 0.1) is 13.8 Å². The van der Waals surface area contributed by atoms with E-state index in [0.717, 1.165) is 42.7 Å². The van der Waals surface area contributed by atoms with Gasteiger partial charge in [-0.25, -0.2) is 0 Å². The monoisotopic (exact) mass is 1030 g/mol. The first-order valence-electron chi connectivity index (χ1n) is 29.5. The zero-order chi connectivity index (χ0) is 54.1.